The van der Waals surface area contributed by atoms with Crippen LogP contribution in [0.1, 0.15) is 39.2 Å². The summed E-state index contributed by atoms with van der Waals surface area (Å²) in [5, 5.41) is 3.65. The summed E-state index contributed by atoms with van der Waals surface area (Å²) in [6.07, 6.45) is 2.69. The summed E-state index contributed by atoms with van der Waals surface area (Å²) >= 11 is 3.55. The third-order valence-corrected chi connectivity index (χ3v) is 4.65. The highest BCUT2D eigenvalue weighted by Crippen LogP contribution is 2.32. The van der Waals surface area contributed by atoms with Crippen LogP contribution in [0, 0.1) is 5.92 Å². The van der Waals surface area contributed by atoms with E-state index in [0.29, 0.717) is 0 Å². The van der Waals surface area contributed by atoms with Gasteiger partial charge in [-0.3, -0.25) is 4.90 Å². The molecule has 1 aromatic rings. The molecule has 1 aliphatic rings. The number of hydrogen-bond donors (Lipinski definition) is 1. The van der Waals surface area contributed by atoms with Crippen molar-refractivity contribution in [2.24, 2.45) is 5.92 Å². The van der Waals surface area contributed by atoms with E-state index in [9.17, 15) is 0 Å². The maximum atomic E-state index is 3.65. The van der Waals surface area contributed by atoms with Crippen LogP contribution < -0.4 is 5.32 Å². The lowest BCUT2D eigenvalue weighted by Crippen LogP contribution is -2.51. The highest BCUT2D eigenvalue weighted by atomic mass is 79.9. The third kappa shape index (κ3) is 4.57. The zero-order valence-corrected chi connectivity index (χ0v) is 14.7. The smallest absolute Gasteiger partial charge is 0.0234 e. The van der Waals surface area contributed by atoms with Gasteiger partial charge < -0.3 is 5.32 Å². The minimum atomic E-state index is 0.225. The average Bonchev–Trinajstić information content (AvgIpc) is 2.25. The second-order valence-corrected chi connectivity index (χ2v) is 8.00. The van der Waals surface area contributed by atoms with Crippen molar-refractivity contribution in [3.8, 4) is 0 Å². The standard InChI is InChI=1S/C17H27BrN2/c1-17(2,3)19-11-14-8-9-16(14)20(4)12-13-6-5-7-15(18)10-13/h5-7,10,14,16,19H,8-9,11-12H2,1-4H3. The number of nitrogens with one attached hydrogen (secondary N) is 1. The first-order valence-electron chi connectivity index (χ1n) is 7.55. The predicted octanol–water partition coefficient (Wildman–Crippen LogP) is 4.05. The van der Waals surface area contributed by atoms with Gasteiger partial charge in [0.2, 0.25) is 0 Å². The van der Waals surface area contributed by atoms with E-state index in [-0.39, 0.29) is 5.54 Å². The maximum absolute atomic E-state index is 3.65. The Morgan fingerprint density at radius 3 is 2.60 bits per heavy atom. The van der Waals surface area contributed by atoms with Crippen LogP contribution in [-0.2, 0) is 6.54 Å². The first-order valence-corrected chi connectivity index (χ1v) is 8.34. The van der Waals surface area contributed by atoms with Crippen LogP contribution in [-0.4, -0.2) is 30.1 Å². The van der Waals surface area contributed by atoms with Crippen molar-refractivity contribution in [3.63, 3.8) is 0 Å². The summed E-state index contributed by atoms with van der Waals surface area (Å²) in [6.45, 7) is 8.90. The molecule has 20 heavy (non-hydrogen) atoms. The van der Waals surface area contributed by atoms with E-state index < -0.39 is 0 Å². The molecule has 1 N–H and O–H groups in total. The van der Waals surface area contributed by atoms with Crippen molar-refractivity contribution in [2.45, 2.75) is 51.7 Å². The Hall–Kier alpha value is -0.380. The molecule has 2 rings (SSSR count). The zero-order chi connectivity index (χ0) is 14.8. The summed E-state index contributed by atoms with van der Waals surface area (Å²) in [6, 6.07) is 9.36. The minimum absolute atomic E-state index is 0.225. The normalized spacial score (nSPS) is 22.9. The topological polar surface area (TPSA) is 15.3 Å². The van der Waals surface area contributed by atoms with Gasteiger partial charge in [-0.1, -0.05) is 28.1 Å². The van der Waals surface area contributed by atoms with Crippen molar-refractivity contribution < 1.29 is 0 Å². The van der Waals surface area contributed by atoms with Crippen LogP contribution in [0.3, 0.4) is 0 Å². The highest BCUT2D eigenvalue weighted by Gasteiger charge is 2.34. The number of nitrogens with zero attached hydrogens (tertiary/aromatic N) is 1. The molecular formula is C17H27BrN2. The average molecular weight is 339 g/mol. The number of halogens is 1. The lowest BCUT2D eigenvalue weighted by Gasteiger charge is -2.44. The van der Waals surface area contributed by atoms with Gasteiger partial charge >= 0.3 is 0 Å². The Morgan fingerprint density at radius 1 is 1.30 bits per heavy atom. The van der Waals surface area contributed by atoms with E-state index in [1.54, 1.807) is 0 Å². The number of rotatable bonds is 5. The van der Waals surface area contributed by atoms with Gasteiger partial charge in [0.15, 0.2) is 0 Å². The molecule has 2 unspecified atom stereocenters. The van der Waals surface area contributed by atoms with Crippen LogP contribution in [0.4, 0.5) is 0 Å². The lowest BCUT2D eigenvalue weighted by molar-refractivity contribution is 0.0738. The molecule has 0 radical (unpaired) electrons. The largest absolute Gasteiger partial charge is 0.312 e. The van der Waals surface area contributed by atoms with E-state index in [4.69, 9.17) is 0 Å². The van der Waals surface area contributed by atoms with Crippen LogP contribution in [0.15, 0.2) is 28.7 Å². The minimum Gasteiger partial charge on any atom is -0.312 e. The Morgan fingerprint density at radius 2 is 2.05 bits per heavy atom. The molecule has 1 aromatic carbocycles. The fourth-order valence-electron chi connectivity index (χ4n) is 2.85. The van der Waals surface area contributed by atoms with Gasteiger partial charge in [-0.05, 0) is 70.8 Å². The molecule has 112 valence electrons. The van der Waals surface area contributed by atoms with Crippen LogP contribution >= 0.6 is 15.9 Å². The molecule has 3 heteroatoms. The molecule has 0 saturated heterocycles. The van der Waals surface area contributed by atoms with Crippen molar-refractivity contribution in [1.29, 1.82) is 0 Å². The predicted molar refractivity (Wildman–Crippen MR) is 89.9 cm³/mol. The third-order valence-electron chi connectivity index (χ3n) is 4.16. The van der Waals surface area contributed by atoms with Crippen molar-refractivity contribution in [3.05, 3.63) is 34.3 Å². The number of benzene rings is 1. The quantitative estimate of drug-likeness (QED) is 0.871. The molecular weight excluding hydrogens is 312 g/mol. The fraction of sp³-hybridized carbons (Fsp3) is 0.647. The zero-order valence-electron chi connectivity index (χ0n) is 13.1. The maximum Gasteiger partial charge on any atom is 0.0234 e. The molecule has 1 aliphatic carbocycles. The molecule has 2 atom stereocenters. The van der Waals surface area contributed by atoms with Gasteiger partial charge in [-0.15, -0.1) is 0 Å². The fourth-order valence-corrected chi connectivity index (χ4v) is 3.29. The second kappa shape index (κ2) is 6.59. The Kier molecular flexibility index (Phi) is 5.27. The van der Waals surface area contributed by atoms with Gasteiger partial charge in [-0.2, -0.15) is 0 Å². The van der Waals surface area contributed by atoms with Crippen LogP contribution in [0.25, 0.3) is 0 Å². The monoisotopic (exact) mass is 338 g/mol. The molecule has 1 fully saturated rings. The van der Waals surface area contributed by atoms with Crippen molar-refractivity contribution >= 4 is 15.9 Å². The molecule has 0 aliphatic heterocycles. The summed E-state index contributed by atoms with van der Waals surface area (Å²) in [7, 11) is 2.26. The van der Waals surface area contributed by atoms with E-state index in [1.165, 1.54) is 22.9 Å². The van der Waals surface area contributed by atoms with Crippen molar-refractivity contribution in [2.75, 3.05) is 13.6 Å². The number of hydrogen-bond acceptors (Lipinski definition) is 2. The highest BCUT2D eigenvalue weighted by molar-refractivity contribution is 9.10. The van der Waals surface area contributed by atoms with Crippen LogP contribution in [0.2, 0.25) is 0 Å². The van der Waals surface area contributed by atoms with E-state index >= 15 is 0 Å². The molecule has 0 bridgehead atoms. The summed E-state index contributed by atoms with van der Waals surface area (Å²) < 4.78 is 1.17. The van der Waals surface area contributed by atoms with Crippen LogP contribution in [0.5, 0.6) is 0 Å². The van der Waals surface area contributed by atoms with E-state index in [0.717, 1.165) is 25.0 Å². The Bertz CT molecular complexity index is 439. The van der Waals surface area contributed by atoms with Gasteiger partial charge in [0.25, 0.3) is 0 Å². The first kappa shape index (κ1) is 16.0. The molecule has 1 saturated carbocycles. The van der Waals surface area contributed by atoms with E-state index in [2.05, 4.69) is 78.2 Å². The molecule has 0 aromatic heterocycles. The first-order chi connectivity index (χ1) is 9.35. The summed E-state index contributed by atoms with van der Waals surface area (Å²) in [5.74, 6) is 0.798. The molecule has 2 nitrogen and oxygen atoms in total. The van der Waals surface area contributed by atoms with Crippen molar-refractivity contribution in [1.82, 2.24) is 10.2 Å². The molecule has 0 amide bonds. The summed E-state index contributed by atoms with van der Waals surface area (Å²) in [5.41, 5.74) is 1.61. The summed E-state index contributed by atoms with van der Waals surface area (Å²) in [4.78, 5) is 2.51. The molecule has 0 spiro atoms. The van der Waals surface area contributed by atoms with Gasteiger partial charge in [0, 0.05) is 22.6 Å². The Labute approximate surface area is 132 Å². The van der Waals surface area contributed by atoms with Gasteiger partial charge in [-0.25, -0.2) is 0 Å². The lowest BCUT2D eigenvalue weighted by atomic mass is 9.78. The SMILES string of the molecule is CN(Cc1cccc(Br)c1)C1CCC1CNC(C)(C)C. The van der Waals surface area contributed by atoms with Gasteiger partial charge in [0.05, 0.1) is 0 Å². The Balaban J connectivity index is 1.85. The molecule has 0 heterocycles. The second-order valence-electron chi connectivity index (χ2n) is 7.08. The van der Waals surface area contributed by atoms with E-state index in [1.807, 2.05) is 0 Å². The van der Waals surface area contributed by atoms with Gasteiger partial charge in [0.1, 0.15) is 0 Å².